The van der Waals surface area contributed by atoms with Crippen LogP contribution >= 0.6 is 0 Å². The zero-order chi connectivity index (χ0) is 21.6. The molecule has 0 fully saturated rings. The third-order valence-electron chi connectivity index (χ3n) is 4.91. The van der Waals surface area contributed by atoms with E-state index in [0.717, 1.165) is 16.7 Å². The Morgan fingerprint density at radius 1 is 0.774 bits per heavy atom. The number of carbonyl (C=O) groups is 1. The maximum Gasteiger partial charge on any atom is 0.321 e. The number of benzene rings is 3. The van der Waals surface area contributed by atoms with Gasteiger partial charge in [0.15, 0.2) is 0 Å². The van der Waals surface area contributed by atoms with Crippen molar-refractivity contribution in [2.45, 2.75) is 20.4 Å². The predicted octanol–water partition coefficient (Wildman–Crippen LogP) is 5.48. The van der Waals surface area contributed by atoms with Crippen molar-refractivity contribution in [2.75, 3.05) is 0 Å². The largest absolute Gasteiger partial charge is 0.424 e. The molecule has 0 aliphatic heterocycles. The van der Waals surface area contributed by atoms with Crippen molar-refractivity contribution >= 4 is 5.91 Å². The first-order valence-corrected chi connectivity index (χ1v) is 10.1. The fourth-order valence-electron chi connectivity index (χ4n) is 3.03. The highest BCUT2D eigenvalue weighted by molar-refractivity contribution is 5.94. The number of ether oxygens (including phenoxy) is 1. The summed E-state index contributed by atoms with van der Waals surface area (Å²) in [4.78, 5) is 20.9. The van der Waals surface area contributed by atoms with Gasteiger partial charge in [-0.2, -0.15) is 0 Å². The topological polar surface area (TPSA) is 64.1 Å². The molecule has 0 aliphatic rings. The molecule has 31 heavy (non-hydrogen) atoms. The number of hydrogen-bond acceptors (Lipinski definition) is 4. The van der Waals surface area contributed by atoms with Crippen molar-refractivity contribution in [1.29, 1.82) is 0 Å². The van der Waals surface area contributed by atoms with Gasteiger partial charge >= 0.3 is 6.01 Å². The molecule has 0 radical (unpaired) electrons. The standard InChI is InChI=1S/C26H23N3O2/c1-18-3-7-20(8-4-18)15-27-25(30)22-11-13-24(14-12-22)31-26-28-16-23(17-29-26)21-9-5-19(2)6-10-21/h3-14,16-17H,15H2,1-2H3,(H,27,30). The van der Waals surface area contributed by atoms with Crippen LogP contribution in [-0.2, 0) is 6.54 Å². The predicted molar refractivity (Wildman–Crippen MR) is 121 cm³/mol. The Labute approximate surface area is 181 Å². The smallest absolute Gasteiger partial charge is 0.321 e. The fraction of sp³-hybridized carbons (Fsp3) is 0.115. The minimum absolute atomic E-state index is 0.133. The molecular formula is C26H23N3O2. The van der Waals surface area contributed by atoms with Crippen molar-refractivity contribution in [1.82, 2.24) is 15.3 Å². The maximum atomic E-state index is 12.4. The molecule has 154 valence electrons. The van der Waals surface area contributed by atoms with Crippen LogP contribution in [0.1, 0.15) is 27.0 Å². The van der Waals surface area contributed by atoms with Crippen LogP contribution in [0.15, 0.2) is 85.2 Å². The van der Waals surface area contributed by atoms with Crippen molar-refractivity contribution < 1.29 is 9.53 Å². The lowest BCUT2D eigenvalue weighted by Gasteiger charge is -2.08. The van der Waals surface area contributed by atoms with E-state index in [-0.39, 0.29) is 11.9 Å². The number of aryl methyl sites for hydroxylation is 2. The molecule has 5 heteroatoms. The van der Waals surface area contributed by atoms with Gasteiger partial charge in [-0.3, -0.25) is 4.79 Å². The SMILES string of the molecule is Cc1ccc(CNC(=O)c2ccc(Oc3ncc(-c4ccc(C)cc4)cn3)cc2)cc1. The van der Waals surface area contributed by atoms with Crippen LogP contribution in [0.3, 0.4) is 0 Å². The minimum atomic E-state index is -0.133. The van der Waals surface area contributed by atoms with E-state index in [1.807, 2.05) is 43.3 Å². The van der Waals surface area contributed by atoms with Crippen molar-refractivity contribution in [3.05, 3.63) is 107 Å². The van der Waals surface area contributed by atoms with Crippen molar-refractivity contribution in [3.63, 3.8) is 0 Å². The Hall–Kier alpha value is -3.99. The molecule has 4 rings (SSSR count). The number of aromatic nitrogens is 2. The molecular weight excluding hydrogens is 386 g/mol. The molecule has 1 N–H and O–H groups in total. The second-order valence-electron chi connectivity index (χ2n) is 7.42. The summed E-state index contributed by atoms with van der Waals surface area (Å²) in [6, 6.07) is 23.4. The van der Waals surface area contributed by atoms with E-state index in [1.54, 1.807) is 36.7 Å². The molecule has 0 saturated carbocycles. The Morgan fingerprint density at radius 3 is 1.97 bits per heavy atom. The molecule has 1 aromatic heterocycles. The zero-order valence-corrected chi connectivity index (χ0v) is 17.5. The zero-order valence-electron chi connectivity index (χ0n) is 17.5. The lowest BCUT2D eigenvalue weighted by atomic mass is 10.1. The number of amides is 1. The number of hydrogen-bond donors (Lipinski definition) is 1. The second-order valence-corrected chi connectivity index (χ2v) is 7.42. The van der Waals surface area contributed by atoms with Crippen LogP contribution < -0.4 is 10.1 Å². The normalized spacial score (nSPS) is 10.5. The third kappa shape index (κ3) is 5.34. The van der Waals surface area contributed by atoms with Crippen molar-refractivity contribution in [3.8, 4) is 22.9 Å². The first kappa shape index (κ1) is 20.3. The van der Waals surface area contributed by atoms with E-state index in [0.29, 0.717) is 17.9 Å². The fourth-order valence-corrected chi connectivity index (χ4v) is 3.03. The molecule has 1 amide bonds. The quantitative estimate of drug-likeness (QED) is 0.458. The summed E-state index contributed by atoms with van der Waals surface area (Å²) in [5.74, 6) is 0.434. The van der Waals surface area contributed by atoms with E-state index < -0.39 is 0 Å². The van der Waals surface area contributed by atoms with Gasteiger partial charge in [0.1, 0.15) is 5.75 Å². The molecule has 3 aromatic carbocycles. The Bertz CT molecular complexity index is 1150. The lowest BCUT2D eigenvalue weighted by molar-refractivity contribution is 0.0951. The second kappa shape index (κ2) is 9.22. The highest BCUT2D eigenvalue weighted by Crippen LogP contribution is 2.22. The highest BCUT2D eigenvalue weighted by atomic mass is 16.5. The average Bonchev–Trinajstić information content (AvgIpc) is 2.80. The van der Waals surface area contributed by atoms with Gasteiger partial charge in [-0.25, -0.2) is 9.97 Å². The van der Waals surface area contributed by atoms with Gasteiger partial charge in [-0.1, -0.05) is 59.7 Å². The molecule has 0 bridgehead atoms. The monoisotopic (exact) mass is 409 g/mol. The summed E-state index contributed by atoms with van der Waals surface area (Å²) in [6.45, 7) is 4.57. The van der Waals surface area contributed by atoms with Crippen LogP contribution in [0.2, 0.25) is 0 Å². The van der Waals surface area contributed by atoms with Gasteiger partial charge in [0.05, 0.1) is 0 Å². The molecule has 0 saturated heterocycles. The van der Waals surface area contributed by atoms with E-state index in [9.17, 15) is 4.79 Å². The average molecular weight is 409 g/mol. The van der Waals surface area contributed by atoms with Gasteiger partial charge in [0.2, 0.25) is 0 Å². The summed E-state index contributed by atoms with van der Waals surface area (Å²) in [5.41, 5.74) is 6.00. The van der Waals surface area contributed by atoms with Gasteiger partial charge in [0.25, 0.3) is 5.91 Å². The maximum absolute atomic E-state index is 12.4. The minimum Gasteiger partial charge on any atom is -0.424 e. The van der Waals surface area contributed by atoms with Crippen molar-refractivity contribution in [2.24, 2.45) is 0 Å². The first-order valence-electron chi connectivity index (χ1n) is 10.1. The molecule has 0 spiro atoms. The van der Waals surface area contributed by atoms with Gasteiger partial charge < -0.3 is 10.1 Å². The summed E-state index contributed by atoms with van der Waals surface area (Å²) in [5, 5.41) is 2.92. The molecule has 5 nitrogen and oxygen atoms in total. The lowest BCUT2D eigenvalue weighted by Crippen LogP contribution is -2.22. The van der Waals surface area contributed by atoms with Gasteiger partial charge in [-0.05, 0) is 49.2 Å². The molecule has 0 atom stereocenters. The van der Waals surface area contributed by atoms with Crippen LogP contribution in [0, 0.1) is 13.8 Å². The van der Waals surface area contributed by atoms with Gasteiger partial charge in [-0.15, -0.1) is 0 Å². The highest BCUT2D eigenvalue weighted by Gasteiger charge is 2.07. The molecule has 4 aromatic rings. The van der Waals surface area contributed by atoms with E-state index >= 15 is 0 Å². The molecule has 1 heterocycles. The first-order chi connectivity index (χ1) is 15.1. The Balaban J connectivity index is 1.35. The van der Waals surface area contributed by atoms with Crippen LogP contribution in [0.4, 0.5) is 0 Å². The third-order valence-corrected chi connectivity index (χ3v) is 4.91. The Morgan fingerprint density at radius 2 is 1.35 bits per heavy atom. The summed E-state index contributed by atoms with van der Waals surface area (Å²) in [6.07, 6.45) is 3.47. The summed E-state index contributed by atoms with van der Waals surface area (Å²) < 4.78 is 5.71. The molecule has 0 aliphatic carbocycles. The van der Waals surface area contributed by atoms with Crippen LogP contribution in [0.5, 0.6) is 11.8 Å². The van der Waals surface area contributed by atoms with Crippen LogP contribution in [0.25, 0.3) is 11.1 Å². The summed E-state index contributed by atoms with van der Waals surface area (Å²) in [7, 11) is 0. The molecule has 0 unspecified atom stereocenters. The summed E-state index contributed by atoms with van der Waals surface area (Å²) >= 11 is 0. The number of nitrogens with zero attached hydrogens (tertiary/aromatic N) is 2. The van der Waals surface area contributed by atoms with Gasteiger partial charge in [0, 0.05) is 30.1 Å². The number of carbonyl (C=O) groups excluding carboxylic acids is 1. The van der Waals surface area contributed by atoms with E-state index in [2.05, 4.69) is 34.3 Å². The van der Waals surface area contributed by atoms with E-state index in [4.69, 9.17) is 4.74 Å². The number of nitrogens with one attached hydrogen (secondary N) is 1. The number of rotatable bonds is 6. The van der Waals surface area contributed by atoms with E-state index in [1.165, 1.54) is 11.1 Å². The Kier molecular flexibility index (Phi) is 6.03. The van der Waals surface area contributed by atoms with Crippen LogP contribution in [-0.4, -0.2) is 15.9 Å².